The lowest BCUT2D eigenvalue weighted by Crippen LogP contribution is -2.47. The van der Waals surface area contributed by atoms with Crippen molar-refractivity contribution in [1.29, 1.82) is 0 Å². The van der Waals surface area contributed by atoms with Crippen molar-refractivity contribution in [2.75, 3.05) is 13.7 Å². The number of pyridine rings is 1. The van der Waals surface area contributed by atoms with Gasteiger partial charge in [-0.05, 0) is 59.2 Å². The maximum atomic E-state index is 13.9. The first-order valence-electron chi connectivity index (χ1n) is 11.0. The molecular weight excluding hydrogens is 498 g/mol. The van der Waals surface area contributed by atoms with Gasteiger partial charge in [0.15, 0.2) is 0 Å². The Labute approximate surface area is 207 Å². The molecule has 194 valence electrons. The van der Waals surface area contributed by atoms with Crippen molar-refractivity contribution in [2.45, 2.75) is 24.6 Å². The predicted octanol–water partition coefficient (Wildman–Crippen LogP) is 3.92. The second-order valence-electron chi connectivity index (χ2n) is 8.46. The molecular formula is C24H21F4N5O4. The Hall–Kier alpha value is -4.13. The van der Waals surface area contributed by atoms with Gasteiger partial charge in [0.1, 0.15) is 11.4 Å². The van der Waals surface area contributed by atoms with Crippen molar-refractivity contribution in [3.8, 4) is 11.3 Å². The van der Waals surface area contributed by atoms with E-state index in [9.17, 15) is 32.3 Å². The Balaban J connectivity index is 1.93. The summed E-state index contributed by atoms with van der Waals surface area (Å²) in [5.74, 6) is -4.47. The van der Waals surface area contributed by atoms with Crippen LogP contribution in [0.25, 0.3) is 16.8 Å². The van der Waals surface area contributed by atoms with Crippen LogP contribution in [0.3, 0.4) is 0 Å². The third-order valence-electron chi connectivity index (χ3n) is 6.22. The van der Waals surface area contributed by atoms with Crippen LogP contribution in [-0.4, -0.2) is 53.0 Å². The standard InChI is InChI=1S/C24H21F4N5O4/c1-37-22(36)19-18(21(29)35)16-10-13(6-8-33(16)20(19)14-2-4-15(25)5-3-14)11-23(12-30-32-31-23)17(7-9-34)24(26,27)28/h2-6,8,10,12,17,34H,7,9,11H2,1H3,(H2,29,35). The number of benzene rings is 1. The second-order valence-corrected chi connectivity index (χ2v) is 8.46. The summed E-state index contributed by atoms with van der Waals surface area (Å²) in [5.41, 5.74) is 4.28. The fourth-order valence-corrected chi connectivity index (χ4v) is 4.63. The van der Waals surface area contributed by atoms with Crippen LogP contribution in [0.15, 0.2) is 58.0 Å². The number of primary amides is 1. The first kappa shape index (κ1) is 25.9. The van der Waals surface area contributed by atoms with Gasteiger partial charge in [-0.3, -0.25) is 4.79 Å². The molecule has 1 aromatic carbocycles. The van der Waals surface area contributed by atoms with E-state index in [1.54, 1.807) is 0 Å². The van der Waals surface area contributed by atoms with Crippen LogP contribution in [0.1, 0.15) is 32.7 Å². The number of carbonyl (C=O) groups is 2. The summed E-state index contributed by atoms with van der Waals surface area (Å²) >= 11 is 0. The molecule has 1 aliphatic heterocycles. The minimum atomic E-state index is -4.72. The number of ether oxygens (including phenoxy) is 1. The largest absolute Gasteiger partial charge is 0.465 e. The number of carbonyl (C=O) groups excluding carboxylic acids is 2. The van der Waals surface area contributed by atoms with Gasteiger partial charge in [0.25, 0.3) is 5.91 Å². The van der Waals surface area contributed by atoms with E-state index in [0.717, 1.165) is 13.3 Å². The molecule has 3 aromatic rings. The van der Waals surface area contributed by atoms with Crippen molar-refractivity contribution in [1.82, 2.24) is 4.40 Å². The summed E-state index contributed by atoms with van der Waals surface area (Å²) in [5, 5.41) is 20.0. The summed E-state index contributed by atoms with van der Waals surface area (Å²) < 4.78 is 61.6. The summed E-state index contributed by atoms with van der Waals surface area (Å²) in [6.07, 6.45) is -3.24. The molecule has 9 nitrogen and oxygen atoms in total. The average Bonchev–Trinajstić information content (AvgIpc) is 3.44. The van der Waals surface area contributed by atoms with Gasteiger partial charge >= 0.3 is 12.1 Å². The van der Waals surface area contributed by atoms with Gasteiger partial charge in [-0.1, -0.05) is 0 Å². The maximum absolute atomic E-state index is 13.9. The first-order valence-corrected chi connectivity index (χ1v) is 11.0. The highest BCUT2D eigenvalue weighted by Crippen LogP contribution is 2.42. The van der Waals surface area contributed by atoms with Crippen LogP contribution in [0.4, 0.5) is 17.6 Å². The van der Waals surface area contributed by atoms with Gasteiger partial charge in [-0.15, -0.1) is 5.10 Å². The van der Waals surface area contributed by atoms with E-state index >= 15 is 0 Å². The zero-order valence-corrected chi connectivity index (χ0v) is 19.4. The molecule has 2 unspecified atom stereocenters. The number of nitrogens with two attached hydrogens (primary N) is 1. The Morgan fingerprint density at radius 3 is 2.43 bits per heavy atom. The molecule has 0 fully saturated rings. The molecule has 3 heterocycles. The number of aliphatic hydroxyl groups excluding tert-OH is 1. The number of nitrogens with zero attached hydrogens (tertiary/aromatic N) is 4. The van der Waals surface area contributed by atoms with Crippen LogP contribution in [0, 0.1) is 11.7 Å². The molecule has 1 amide bonds. The minimum absolute atomic E-state index is 0.123. The van der Waals surface area contributed by atoms with E-state index in [1.807, 2.05) is 0 Å². The van der Waals surface area contributed by atoms with Gasteiger partial charge in [-0.2, -0.15) is 18.3 Å². The third kappa shape index (κ3) is 4.69. The van der Waals surface area contributed by atoms with Gasteiger partial charge in [-0.25, -0.2) is 9.18 Å². The lowest BCUT2D eigenvalue weighted by Gasteiger charge is -2.32. The molecule has 4 rings (SSSR count). The molecule has 0 saturated carbocycles. The number of aliphatic hydroxyl groups is 1. The summed E-state index contributed by atoms with van der Waals surface area (Å²) in [7, 11) is 1.11. The van der Waals surface area contributed by atoms with Crippen LogP contribution in [0.5, 0.6) is 0 Å². The molecule has 0 spiro atoms. The molecule has 3 N–H and O–H groups in total. The molecule has 0 bridgehead atoms. The number of hydrogen-bond donors (Lipinski definition) is 2. The zero-order chi connectivity index (χ0) is 27.0. The van der Waals surface area contributed by atoms with Gasteiger partial charge < -0.3 is 20.0 Å². The highest BCUT2D eigenvalue weighted by molar-refractivity contribution is 6.14. The monoisotopic (exact) mass is 519 g/mol. The van der Waals surface area contributed by atoms with Crippen LogP contribution in [-0.2, 0) is 11.2 Å². The molecule has 2 atom stereocenters. The highest BCUT2D eigenvalue weighted by atomic mass is 19.4. The van der Waals surface area contributed by atoms with Gasteiger partial charge in [0.2, 0.25) is 0 Å². The highest BCUT2D eigenvalue weighted by Gasteiger charge is 2.54. The van der Waals surface area contributed by atoms with Crippen molar-refractivity contribution in [3.63, 3.8) is 0 Å². The molecule has 37 heavy (non-hydrogen) atoms. The average molecular weight is 519 g/mol. The van der Waals surface area contributed by atoms with E-state index in [4.69, 9.17) is 10.5 Å². The minimum Gasteiger partial charge on any atom is -0.465 e. The van der Waals surface area contributed by atoms with Crippen LogP contribution >= 0.6 is 0 Å². The molecule has 0 radical (unpaired) electrons. The Morgan fingerprint density at radius 2 is 1.89 bits per heavy atom. The lowest BCUT2D eigenvalue weighted by atomic mass is 9.78. The van der Waals surface area contributed by atoms with Crippen LogP contribution < -0.4 is 5.73 Å². The number of halogens is 4. The number of aromatic nitrogens is 1. The van der Waals surface area contributed by atoms with Crippen molar-refractivity contribution >= 4 is 23.6 Å². The smallest absolute Gasteiger partial charge is 0.394 e. The summed E-state index contributed by atoms with van der Waals surface area (Å²) in [6, 6.07) is 8.03. The molecule has 2 aromatic heterocycles. The number of amides is 1. The number of hydrogen-bond acceptors (Lipinski definition) is 7. The zero-order valence-electron chi connectivity index (χ0n) is 19.4. The third-order valence-corrected chi connectivity index (χ3v) is 6.22. The molecule has 0 saturated heterocycles. The van der Waals surface area contributed by atoms with Crippen LogP contribution in [0.2, 0.25) is 0 Å². The Morgan fingerprint density at radius 1 is 1.19 bits per heavy atom. The number of fused-ring (bicyclic) bond motifs is 1. The fraction of sp³-hybridized carbons (Fsp3) is 0.292. The first-order chi connectivity index (χ1) is 17.5. The Kier molecular flexibility index (Phi) is 6.82. The second kappa shape index (κ2) is 9.73. The van der Waals surface area contributed by atoms with Gasteiger partial charge in [0, 0.05) is 19.2 Å². The number of esters is 1. The molecule has 13 heteroatoms. The van der Waals surface area contributed by atoms with Crippen molar-refractivity contribution < 1.29 is 37.0 Å². The van der Waals surface area contributed by atoms with E-state index in [2.05, 4.69) is 15.4 Å². The van der Waals surface area contributed by atoms with Crippen molar-refractivity contribution in [3.05, 3.63) is 65.1 Å². The molecule has 0 aliphatic carbocycles. The SMILES string of the molecule is COC(=O)c1c(C(N)=O)c2cc(CC3(C(CCO)C(F)(F)F)C=NN=N3)ccn2c1-c1ccc(F)cc1. The summed E-state index contributed by atoms with van der Waals surface area (Å²) in [4.78, 5) is 25.3. The number of methoxy groups -OCH3 is 1. The fourth-order valence-electron chi connectivity index (χ4n) is 4.63. The topological polar surface area (TPSA) is 131 Å². The predicted molar refractivity (Wildman–Crippen MR) is 124 cm³/mol. The van der Waals surface area contributed by atoms with E-state index < -0.39 is 48.4 Å². The molecule has 1 aliphatic rings. The Bertz CT molecular complexity index is 1400. The lowest BCUT2D eigenvalue weighted by molar-refractivity contribution is -0.189. The number of alkyl halides is 3. The van der Waals surface area contributed by atoms with E-state index in [-0.39, 0.29) is 28.8 Å². The van der Waals surface area contributed by atoms with Gasteiger partial charge in [0.05, 0.1) is 41.6 Å². The maximum Gasteiger partial charge on any atom is 0.394 e. The van der Waals surface area contributed by atoms with E-state index in [1.165, 1.54) is 47.0 Å². The quantitative estimate of drug-likeness (QED) is 0.345. The number of rotatable bonds is 8. The van der Waals surface area contributed by atoms with E-state index in [0.29, 0.717) is 11.1 Å². The summed E-state index contributed by atoms with van der Waals surface area (Å²) in [6.45, 7) is -0.734. The normalized spacial score (nSPS) is 17.9. The van der Waals surface area contributed by atoms with Crippen molar-refractivity contribution in [2.24, 2.45) is 27.1 Å².